The minimum atomic E-state index is -1.02. The van der Waals surface area contributed by atoms with Crippen molar-refractivity contribution in [3.8, 4) is 0 Å². The van der Waals surface area contributed by atoms with Crippen molar-refractivity contribution in [3.05, 3.63) is 35.9 Å². The molecule has 0 aliphatic rings. The number of carboxylic acid groups (broad SMARTS) is 1. The quantitative estimate of drug-likeness (QED) is 0.770. The lowest BCUT2D eigenvalue weighted by molar-refractivity contribution is -0.146. The lowest BCUT2D eigenvalue weighted by Crippen LogP contribution is -2.21. The van der Waals surface area contributed by atoms with Gasteiger partial charge in [0.25, 0.3) is 0 Å². The summed E-state index contributed by atoms with van der Waals surface area (Å²) in [5.41, 5.74) is 1.18. The number of carbonyl (C=O) groups is 2. The molecule has 0 radical (unpaired) electrons. The van der Waals surface area contributed by atoms with Crippen molar-refractivity contribution in [3.63, 3.8) is 0 Å². The van der Waals surface area contributed by atoms with E-state index in [1.165, 1.54) is 12.5 Å². The highest BCUT2D eigenvalue weighted by atomic mass is 16.4. The van der Waals surface area contributed by atoms with Gasteiger partial charge in [-0.05, 0) is 31.2 Å². The number of ketones is 1. The zero-order valence-corrected chi connectivity index (χ0v) is 10.2. The van der Waals surface area contributed by atoms with Crippen molar-refractivity contribution in [2.45, 2.75) is 32.6 Å². The van der Waals surface area contributed by atoms with Crippen molar-refractivity contribution in [1.29, 1.82) is 0 Å². The van der Waals surface area contributed by atoms with Gasteiger partial charge in [0.1, 0.15) is 11.7 Å². The molecule has 0 aromatic heterocycles. The summed E-state index contributed by atoms with van der Waals surface area (Å²) in [6.07, 6.45) is 1.11. The minimum absolute atomic E-state index is 0.266. The molecule has 17 heavy (non-hydrogen) atoms. The van der Waals surface area contributed by atoms with Crippen molar-refractivity contribution in [2.75, 3.05) is 0 Å². The average molecular weight is 234 g/mol. The summed E-state index contributed by atoms with van der Waals surface area (Å²) < 4.78 is 0. The summed E-state index contributed by atoms with van der Waals surface area (Å²) >= 11 is 0. The number of aliphatic carboxylic acids is 1. The molecule has 0 amide bonds. The fraction of sp³-hybridized carbons (Fsp3) is 0.429. The lowest BCUT2D eigenvalue weighted by Gasteiger charge is -2.14. The minimum Gasteiger partial charge on any atom is -0.481 e. The van der Waals surface area contributed by atoms with Crippen LogP contribution in [-0.4, -0.2) is 16.9 Å². The van der Waals surface area contributed by atoms with Crippen LogP contribution in [0.5, 0.6) is 0 Å². The molecule has 0 aliphatic carbocycles. The second kappa shape index (κ2) is 6.18. The van der Waals surface area contributed by atoms with Crippen LogP contribution in [0.15, 0.2) is 30.3 Å². The van der Waals surface area contributed by atoms with Crippen LogP contribution >= 0.6 is 0 Å². The van der Waals surface area contributed by atoms with Crippen LogP contribution in [-0.2, 0) is 9.59 Å². The maximum atomic E-state index is 11.2. The molecule has 0 heterocycles. The first-order valence-corrected chi connectivity index (χ1v) is 5.80. The number of carboxylic acids is 1. The Kier molecular flexibility index (Phi) is 4.88. The molecule has 3 heteroatoms. The molecule has 1 N–H and O–H groups in total. The van der Waals surface area contributed by atoms with E-state index in [-0.39, 0.29) is 11.7 Å². The molecule has 0 bridgehead atoms. The molecule has 0 spiro atoms. The predicted molar refractivity (Wildman–Crippen MR) is 65.9 cm³/mol. The largest absolute Gasteiger partial charge is 0.481 e. The third-order valence-corrected chi connectivity index (χ3v) is 3.05. The van der Waals surface area contributed by atoms with Crippen LogP contribution in [0.2, 0.25) is 0 Å². The summed E-state index contributed by atoms with van der Waals surface area (Å²) in [4.78, 5) is 22.0. The lowest BCUT2D eigenvalue weighted by atomic mass is 9.90. The molecule has 2 atom stereocenters. The normalized spacial score (nSPS) is 14.0. The molecule has 0 saturated heterocycles. The van der Waals surface area contributed by atoms with Gasteiger partial charge in [0.15, 0.2) is 0 Å². The molecule has 0 saturated carbocycles. The fourth-order valence-electron chi connectivity index (χ4n) is 1.87. The number of hydrogen-bond donors (Lipinski definition) is 1. The number of rotatable bonds is 6. The maximum Gasteiger partial charge on any atom is 0.314 e. The summed E-state index contributed by atoms with van der Waals surface area (Å²) in [5, 5.41) is 8.91. The predicted octanol–water partition coefficient (Wildman–Crippen LogP) is 2.86. The third-order valence-electron chi connectivity index (χ3n) is 3.05. The van der Waals surface area contributed by atoms with E-state index in [2.05, 4.69) is 0 Å². The van der Waals surface area contributed by atoms with E-state index >= 15 is 0 Å². The standard InChI is InChI=1S/C14H18O3/c1-10(12-6-4-3-5-7-12)8-9-13(11(2)15)14(16)17/h3-7,10,13H,8-9H2,1-2H3,(H,16,17). The van der Waals surface area contributed by atoms with Gasteiger partial charge in [0.2, 0.25) is 0 Å². The Hall–Kier alpha value is -1.64. The topological polar surface area (TPSA) is 54.4 Å². The van der Waals surface area contributed by atoms with Crippen molar-refractivity contribution >= 4 is 11.8 Å². The first kappa shape index (κ1) is 13.4. The number of hydrogen-bond acceptors (Lipinski definition) is 2. The molecule has 1 aromatic carbocycles. The van der Waals surface area contributed by atoms with Gasteiger partial charge in [0, 0.05) is 0 Å². The summed E-state index contributed by atoms with van der Waals surface area (Å²) in [6.45, 7) is 3.39. The number of Topliss-reactive ketones (excluding diaryl/α,β-unsaturated/α-hetero) is 1. The van der Waals surface area contributed by atoms with Gasteiger partial charge in [-0.3, -0.25) is 9.59 Å². The zero-order chi connectivity index (χ0) is 12.8. The van der Waals surface area contributed by atoms with Gasteiger partial charge < -0.3 is 5.11 Å². The monoisotopic (exact) mass is 234 g/mol. The van der Waals surface area contributed by atoms with Crippen molar-refractivity contribution in [1.82, 2.24) is 0 Å². The molecule has 0 fully saturated rings. The van der Waals surface area contributed by atoms with Crippen LogP contribution in [0.1, 0.15) is 38.2 Å². The van der Waals surface area contributed by atoms with Crippen LogP contribution in [0, 0.1) is 5.92 Å². The number of carbonyl (C=O) groups excluding carboxylic acids is 1. The Bertz CT molecular complexity index is 370. The molecule has 92 valence electrons. The van der Waals surface area contributed by atoms with E-state index in [0.717, 1.165) is 0 Å². The van der Waals surface area contributed by atoms with Crippen LogP contribution in [0.3, 0.4) is 0 Å². The van der Waals surface area contributed by atoms with Crippen LogP contribution < -0.4 is 0 Å². The van der Waals surface area contributed by atoms with Crippen molar-refractivity contribution < 1.29 is 14.7 Å². The number of benzene rings is 1. The molecular weight excluding hydrogens is 216 g/mol. The van der Waals surface area contributed by atoms with Gasteiger partial charge in [-0.2, -0.15) is 0 Å². The van der Waals surface area contributed by atoms with Crippen LogP contribution in [0.4, 0.5) is 0 Å². The Labute approximate surface area is 101 Å². The van der Waals surface area contributed by atoms with Crippen LogP contribution in [0.25, 0.3) is 0 Å². The van der Waals surface area contributed by atoms with E-state index in [9.17, 15) is 9.59 Å². The Balaban J connectivity index is 2.55. The highest BCUT2D eigenvalue weighted by molar-refractivity contribution is 5.96. The molecule has 3 nitrogen and oxygen atoms in total. The van der Waals surface area contributed by atoms with Gasteiger partial charge in [-0.1, -0.05) is 37.3 Å². The zero-order valence-electron chi connectivity index (χ0n) is 10.2. The second-order valence-corrected chi connectivity index (χ2v) is 4.39. The van der Waals surface area contributed by atoms with Gasteiger partial charge >= 0.3 is 5.97 Å². The van der Waals surface area contributed by atoms with Gasteiger partial charge in [-0.15, -0.1) is 0 Å². The Morgan fingerprint density at radius 1 is 1.18 bits per heavy atom. The SMILES string of the molecule is CC(=O)C(CCC(C)c1ccccc1)C(=O)O. The van der Waals surface area contributed by atoms with E-state index in [1.807, 2.05) is 37.3 Å². The Morgan fingerprint density at radius 3 is 2.24 bits per heavy atom. The van der Waals surface area contributed by atoms with E-state index < -0.39 is 11.9 Å². The molecular formula is C14H18O3. The Morgan fingerprint density at radius 2 is 1.76 bits per heavy atom. The van der Waals surface area contributed by atoms with E-state index in [4.69, 9.17) is 5.11 Å². The van der Waals surface area contributed by atoms with E-state index in [0.29, 0.717) is 12.8 Å². The molecule has 0 aliphatic heterocycles. The summed E-state index contributed by atoms with van der Waals surface area (Å²) in [6, 6.07) is 9.92. The summed E-state index contributed by atoms with van der Waals surface area (Å²) in [7, 11) is 0. The molecule has 1 aromatic rings. The molecule has 1 rings (SSSR count). The van der Waals surface area contributed by atoms with Gasteiger partial charge in [-0.25, -0.2) is 0 Å². The third kappa shape index (κ3) is 4.02. The van der Waals surface area contributed by atoms with Crippen molar-refractivity contribution in [2.24, 2.45) is 5.92 Å². The fourth-order valence-corrected chi connectivity index (χ4v) is 1.87. The summed E-state index contributed by atoms with van der Waals surface area (Å²) in [5.74, 6) is -1.87. The first-order valence-electron chi connectivity index (χ1n) is 5.80. The van der Waals surface area contributed by atoms with Gasteiger partial charge in [0.05, 0.1) is 0 Å². The second-order valence-electron chi connectivity index (χ2n) is 4.39. The highest BCUT2D eigenvalue weighted by Crippen LogP contribution is 2.23. The smallest absolute Gasteiger partial charge is 0.314 e. The highest BCUT2D eigenvalue weighted by Gasteiger charge is 2.23. The first-order chi connectivity index (χ1) is 8.02. The maximum absolute atomic E-state index is 11.2. The van der Waals surface area contributed by atoms with E-state index in [1.54, 1.807) is 0 Å². The average Bonchev–Trinajstić information content (AvgIpc) is 2.29. The molecule has 2 unspecified atom stereocenters.